The van der Waals surface area contributed by atoms with Crippen molar-refractivity contribution in [2.45, 2.75) is 38.8 Å². The van der Waals surface area contributed by atoms with Crippen molar-refractivity contribution in [3.05, 3.63) is 12.3 Å². The maximum Gasteiger partial charge on any atom is 0.0380 e. The van der Waals surface area contributed by atoms with Gasteiger partial charge < -0.3 is 16.8 Å². The summed E-state index contributed by atoms with van der Waals surface area (Å²) in [5.74, 6) is 0. The minimum absolute atomic E-state index is 0.194. The van der Waals surface area contributed by atoms with Gasteiger partial charge in [-0.15, -0.1) is 0 Å². The average Bonchev–Trinajstić information content (AvgIpc) is 2.03. The molecule has 0 fully saturated rings. The standard InChI is InChI=1S/C9H21N3/c1-4-9(11)8(3)12-7(2)5-6-10/h8-9,12H,2,4-6,10-11H2,1,3H3. The molecule has 72 valence electrons. The zero-order valence-electron chi connectivity index (χ0n) is 8.14. The van der Waals surface area contributed by atoms with E-state index in [1.807, 2.05) is 0 Å². The van der Waals surface area contributed by atoms with E-state index in [0.717, 1.165) is 18.5 Å². The Balaban J connectivity index is 3.67. The fraction of sp³-hybridized carbons (Fsp3) is 0.778. The SMILES string of the molecule is C=C(CCN)NC(C)C(N)CC. The molecule has 0 aliphatic rings. The molecular weight excluding hydrogens is 150 g/mol. The van der Waals surface area contributed by atoms with Gasteiger partial charge in [0, 0.05) is 17.8 Å². The van der Waals surface area contributed by atoms with Crippen LogP contribution in [0.1, 0.15) is 26.7 Å². The van der Waals surface area contributed by atoms with Gasteiger partial charge in [-0.3, -0.25) is 0 Å². The lowest BCUT2D eigenvalue weighted by Gasteiger charge is -2.22. The van der Waals surface area contributed by atoms with E-state index in [1.54, 1.807) is 0 Å². The molecule has 0 saturated carbocycles. The minimum atomic E-state index is 0.194. The van der Waals surface area contributed by atoms with Gasteiger partial charge in [-0.2, -0.15) is 0 Å². The number of hydrogen-bond acceptors (Lipinski definition) is 3. The van der Waals surface area contributed by atoms with Crippen molar-refractivity contribution in [1.29, 1.82) is 0 Å². The molecule has 0 radical (unpaired) electrons. The van der Waals surface area contributed by atoms with Crippen molar-refractivity contribution in [2.75, 3.05) is 6.54 Å². The summed E-state index contributed by atoms with van der Waals surface area (Å²) in [7, 11) is 0. The van der Waals surface area contributed by atoms with Gasteiger partial charge in [0.15, 0.2) is 0 Å². The molecule has 2 atom stereocenters. The molecule has 0 amide bonds. The monoisotopic (exact) mass is 171 g/mol. The number of hydrogen-bond donors (Lipinski definition) is 3. The molecule has 0 rings (SSSR count). The highest BCUT2D eigenvalue weighted by molar-refractivity contribution is 4.95. The van der Waals surface area contributed by atoms with E-state index in [4.69, 9.17) is 11.5 Å². The lowest BCUT2D eigenvalue weighted by Crippen LogP contribution is -2.42. The molecule has 0 aliphatic heterocycles. The van der Waals surface area contributed by atoms with Crippen LogP contribution in [-0.2, 0) is 0 Å². The highest BCUT2D eigenvalue weighted by Crippen LogP contribution is 1.99. The predicted molar refractivity (Wildman–Crippen MR) is 53.7 cm³/mol. The summed E-state index contributed by atoms with van der Waals surface area (Å²) in [6.07, 6.45) is 1.80. The maximum atomic E-state index is 5.83. The van der Waals surface area contributed by atoms with E-state index in [9.17, 15) is 0 Å². The first-order valence-corrected chi connectivity index (χ1v) is 4.51. The molecule has 2 unspecified atom stereocenters. The van der Waals surface area contributed by atoms with Gasteiger partial charge in [0.05, 0.1) is 0 Å². The van der Waals surface area contributed by atoms with Crippen molar-refractivity contribution in [2.24, 2.45) is 11.5 Å². The molecule has 0 aromatic carbocycles. The van der Waals surface area contributed by atoms with Crippen molar-refractivity contribution in [3.63, 3.8) is 0 Å². The molecule has 0 heterocycles. The van der Waals surface area contributed by atoms with Crippen molar-refractivity contribution in [1.82, 2.24) is 5.32 Å². The first kappa shape index (κ1) is 11.5. The number of rotatable bonds is 6. The smallest absolute Gasteiger partial charge is 0.0380 e. The number of nitrogens with two attached hydrogens (primary N) is 2. The van der Waals surface area contributed by atoms with Crippen LogP contribution in [0.25, 0.3) is 0 Å². The Morgan fingerprint density at radius 3 is 2.58 bits per heavy atom. The second kappa shape index (κ2) is 6.03. The lowest BCUT2D eigenvalue weighted by atomic mass is 10.1. The predicted octanol–water partition coefficient (Wildman–Crippen LogP) is 0.564. The van der Waals surface area contributed by atoms with E-state index < -0.39 is 0 Å². The molecule has 3 nitrogen and oxygen atoms in total. The second-order valence-electron chi connectivity index (χ2n) is 3.15. The van der Waals surface area contributed by atoms with Gasteiger partial charge >= 0.3 is 0 Å². The fourth-order valence-electron chi connectivity index (χ4n) is 1.03. The first-order valence-electron chi connectivity index (χ1n) is 4.51. The Morgan fingerprint density at radius 2 is 2.17 bits per heavy atom. The molecule has 5 N–H and O–H groups in total. The van der Waals surface area contributed by atoms with Gasteiger partial charge in [0.25, 0.3) is 0 Å². The highest BCUT2D eigenvalue weighted by Gasteiger charge is 2.09. The third-order valence-corrected chi connectivity index (χ3v) is 1.99. The van der Waals surface area contributed by atoms with Crippen LogP contribution < -0.4 is 16.8 Å². The summed E-state index contributed by atoms with van der Waals surface area (Å²) in [6, 6.07) is 0.480. The molecule has 0 spiro atoms. The zero-order chi connectivity index (χ0) is 9.56. The second-order valence-corrected chi connectivity index (χ2v) is 3.15. The molecule has 3 heteroatoms. The van der Waals surface area contributed by atoms with Gasteiger partial charge in [-0.05, 0) is 26.3 Å². The van der Waals surface area contributed by atoms with E-state index >= 15 is 0 Å². The summed E-state index contributed by atoms with van der Waals surface area (Å²) in [5, 5.41) is 3.23. The third-order valence-electron chi connectivity index (χ3n) is 1.99. The Bertz CT molecular complexity index is 134. The van der Waals surface area contributed by atoms with Crippen LogP contribution in [0.5, 0.6) is 0 Å². The average molecular weight is 171 g/mol. The van der Waals surface area contributed by atoms with Crippen molar-refractivity contribution < 1.29 is 0 Å². The van der Waals surface area contributed by atoms with Crippen LogP contribution in [0.3, 0.4) is 0 Å². The zero-order valence-corrected chi connectivity index (χ0v) is 8.14. The molecule has 12 heavy (non-hydrogen) atoms. The minimum Gasteiger partial charge on any atom is -0.385 e. The Kier molecular flexibility index (Phi) is 5.76. The highest BCUT2D eigenvalue weighted by atomic mass is 15.0. The molecule has 0 bridgehead atoms. The number of nitrogens with one attached hydrogen (secondary N) is 1. The van der Waals surface area contributed by atoms with E-state index in [-0.39, 0.29) is 12.1 Å². The summed E-state index contributed by atoms with van der Waals surface area (Å²) >= 11 is 0. The molecule has 0 saturated heterocycles. The Morgan fingerprint density at radius 1 is 1.58 bits per heavy atom. The maximum absolute atomic E-state index is 5.83. The summed E-state index contributed by atoms with van der Waals surface area (Å²) < 4.78 is 0. The van der Waals surface area contributed by atoms with Crippen LogP contribution >= 0.6 is 0 Å². The first-order chi connectivity index (χ1) is 5.61. The quantitative estimate of drug-likeness (QED) is 0.547. The van der Waals surface area contributed by atoms with Gasteiger partial charge in [-0.1, -0.05) is 13.5 Å². The van der Waals surface area contributed by atoms with Crippen LogP contribution in [0.2, 0.25) is 0 Å². The molecular formula is C9H21N3. The van der Waals surface area contributed by atoms with E-state index in [0.29, 0.717) is 6.54 Å². The van der Waals surface area contributed by atoms with Gasteiger partial charge in [-0.25, -0.2) is 0 Å². The summed E-state index contributed by atoms with van der Waals surface area (Å²) in [6.45, 7) is 8.64. The Labute approximate surface area is 75.2 Å². The van der Waals surface area contributed by atoms with Crippen molar-refractivity contribution in [3.8, 4) is 0 Å². The van der Waals surface area contributed by atoms with Gasteiger partial charge in [0.2, 0.25) is 0 Å². The lowest BCUT2D eigenvalue weighted by molar-refractivity contribution is 0.476. The van der Waals surface area contributed by atoms with Crippen LogP contribution in [0.4, 0.5) is 0 Å². The van der Waals surface area contributed by atoms with Crippen LogP contribution in [0, 0.1) is 0 Å². The van der Waals surface area contributed by atoms with Crippen LogP contribution in [0.15, 0.2) is 12.3 Å². The fourth-order valence-corrected chi connectivity index (χ4v) is 1.03. The van der Waals surface area contributed by atoms with E-state index in [1.165, 1.54) is 0 Å². The van der Waals surface area contributed by atoms with Crippen LogP contribution in [-0.4, -0.2) is 18.6 Å². The molecule has 0 aromatic rings. The molecule has 0 aliphatic carbocycles. The largest absolute Gasteiger partial charge is 0.385 e. The van der Waals surface area contributed by atoms with Gasteiger partial charge in [0.1, 0.15) is 0 Å². The normalized spacial score (nSPS) is 15.3. The summed E-state index contributed by atoms with van der Waals surface area (Å²) in [5.41, 5.74) is 12.2. The van der Waals surface area contributed by atoms with E-state index in [2.05, 4.69) is 25.7 Å². The Hall–Kier alpha value is -0.540. The molecule has 0 aromatic heterocycles. The summed E-state index contributed by atoms with van der Waals surface area (Å²) in [4.78, 5) is 0. The third kappa shape index (κ3) is 4.36. The van der Waals surface area contributed by atoms with Crippen molar-refractivity contribution >= 4 is 0 Å². The topological polar surface area (TPSA) is 64.1 Å².